The first-order valence-electron chi connectivity index (χ1n) is 5.75. The van der Waals surface area contributed by atoms with Crippen LogP contribution in [0.4, 0.5) is 5.82 Å². The van der Waals surface area contributed by atoms with Gasteiger partial charge in [0.25, 0.3) is 0 Å². The van der Waals surface area contributed by atoms with Crippen molar-refractivity contribution < 1.29 is 0 Å². The monoisotopic (exact) mass is 375 g/mol. The number of hydrogen-bond donors (Lipinski definition) is 1. The first kappa shape index (κ1) is 13.7. The number of nitrogen functional groups attached to an aromatic ring is 1. The van der Waals surface area contributed by atoms with Gasteiger partial charge < -0.3 is 5.73 Å². The third-order valence-electron chi connectivity index (χ3n) is 2.75. The Morgan fingerprint density at radius 2 is 1.94 bits per heavy atom. The summed E-state index contributed by atoms with van der Waals surface area (Å²) in [4.78, 5) is 0. The molecule has 96 valence electrons. The van der Waals surface area contributed by atoms with Gasteiger partial charge in [-0.05, 0) is 46.2 Å². The van der Waals surface area contributed by atoms with Crippen molar-refractivity contribution in [2.75, 3.05) is 5.73 Å². The lowest BCUT2D eigenvalue weighted by molar-refractivity contribution is 0.664. The molecule has 0 bridgehead atoms. The van der Waals surface area contributed by atoms with Crippen molar-refractivity contribution in [1.82, 2.24) is 9.78 Å². The van der Waals surface area contributed by atoms with Gasteiger partial charge in [-0.2, -0.15) is 5.10 Å². The zero-order valence-electron chi connectivity index (χ0n) is 10.3. The van der Waals surface area contributed by atoms with Gasteiger partial charge in [0.1, 0.15) is 5.82 Å². The van der Waals surface area contributed by atoms with Crippen LogP contribution < -0.4 is 5.73 Å². The molecule has 2 aromatic rings. The Bertz CT molecular complexity index is 546. The number of aromatic nitrogens is 2. The van der Waals surface area contributed by atoms with Gasteiger partial charge in [0.2, 0.25) is 0 Å². The van der Waals surface area contributed by atoms with Crippen LogP contribution in [0.15, 0.2) is 24.3 Å². The van der Waals surface area contributed by atoms with E-state index in [0.717, 1.165) is 25.7 Å². The molecule has 3 nitrogen and oxygen atoms in total. The zero-order valence-corrected chi connectivity index (χ0v) is 13.2. The molecule has 18 heavy (non-hydrogen) atoms. The van der Waals surface area contributed by atoms with Crippen LogP contribution in [0.1, 0.15) is 31.0 Å². The van der Waals surface area contributed by atoms with Gasteiger partial charge in [-0.1, -0.05) is 37.6 Å². The summed E-state index contributed by atoms with van der Waals surface area (Å²) >= 11 is 8.13. The molecular formula is C13H15ClIN3. The summed E-state index contributed by atoms with van der Waals surface area (Å²) < 4.78 is 2.90. The van der Waals surface area contributed by atoms with Crippen molar-refractivity contribution in [3.05, 3.63) is 44.1 Å². The maximum Gasteiger partial charge on any atom is 0.135 e. The lowest BCUT2D eigenvalue weighted by Crippen LogP contribution is -2.06. The van der Waals surface area contributed by atoms with E-state index in [4.69, 9.17) is 17.3 Å². The van der Waals surface area contributed by atoms with E-state index < -0.39 is 0 Å². The highest BCUT2D eigenvalue weighted by atomic mass is 127. The minimum absolute atomic E-state index is 0.380. The van der Waals surface area contributed by atoms with Crippen LogP contribution in [0.2, 0.25) is 5.02 Å². The molecule has 0 saturated heterocycles. The Morgan fingerprint density at radius 1 is 1.33 bits per heavy atom. The number of nitrogens with two attached hydrogens (primary N) is 1. The van der Waals surface area contributed by atoms with E-state index in [-0.39, 0.29) is 0 Å². The molecule has 2 rings (SSSR count). The molecule has 0 aliphatic heterocycles. The van der Waals surface area contributed by atoms with Crippen molar-refractivity contribution in [3.8, 4) is 0 Å². The average molecular weight is 376 g/mol. The maximum absolute atomic E-state index is 6.09. The highest BCUT2D eigenvalue weighted by Gasteiger charge is 2.15. The molecule has 1 aromatic heterocycles. The molecule has 1 aromatic carbocycles. The second-order valence-electron chi connectivity index (χ2n) is 4.52. The molecular weight excluding hydrogens is 361 g/mol. The highest BCUT2D eigenvalue weighted by Crippen LogP contribution is 2.26. The maximum atomic E-state index is 6.09. The summed E-state index contributed by atoms with van der Waals surface area (Å²) in [5.74, 6) is 1.11. The summed E-state index contributed by atoms with van der Waals surface area (Å²) in [6.45, 7) is 4.92. The SMILES string of the molecule is CC(C)c1nn(Cc2ccc(Cl)cc2)c(N)c1I. The van der Waals surface area contributed by atoms with Crippen LogP contribution in [0.5, 0.6) is 0 Å². The molecule has 1 heterocycles. The number of anilines is 1. The summed E-state index contributed by atoms with van der Waals surface area (Å²) in [5, 5.41) is 5.32. The van der Waals surface area contributed by atoms with Crippen LogP contribution in [-0.4, -0.2) is 9.78 Å². The van der Waals surface area contributed by atoms with Crippen LogP contribution >= 0.6 is 34.2 Å². The first-order valence-corrected chi connectivity index (χ1v) is 7.21. The van der Waals surface area contributed by atoms with Gasteiger partial charge in [-0.25, -0.2) is 4.68 Å². The summed E-state index contributed by atoms with van der Waals surface area (Å²) in [6.07, 6.45) is 0. The largest absolute Gasteiger partial charge is 0.383 e. The van der Waals surface area contributed by atoms with Crippen LogP contribution in [0.3, 0.4) is 0 Å². The Kier molecular flexibility index (Phi) is 4.17. The molecule has 0 atom stereocenters. The molecule has 5 heteroatoms. The quantitative estimate of drug-likeness (QED) is 0.827. The predicted molar refractivity (Wildman–Crippen MR) is 84.0 cm³/mol. The van der Waals surface area contributed by atoms with E-state index in [0.29, 0.717) is 12.5 Å². The van der Waals surface area contributed by atoms with Gasteiger partial charge in [-0.15, -0.1) is 0 Å². The van der Waals surface area contributed by atoms with Crippen LogP contribution in [-0.2, 0) is 6.54 Å². The van der Waals surface area contributed by atoms with Gasteiger partial charge >= 0.3 is 0 Å². The molecule has 0 fully saturated rings. The van der Waals surface area contributed by atoms with Gasteiger partial charge in [0, 0.05) is 5.02 Å². The van der Waals surface area contributed by atoms with Crippen molar-refractivity contribution >= 4 is 40.0 Å². The molecule has 0 saturated carbocycles. The minimum Gasteiger partial charge on any atom is -0.383 e. The Labute approximate surface area is 125 Å². The number of rotatable bonds is 3. The highest BCUT2D eigenvalue weighted by molar-refractivity contribution is 14.1. The molecule has 0 spiro atoms. The lowest BCUT2D eigenvalue weighted by Gasteiger charge is -2.04. The van der Waals surface area contributed by atoms with Gasteiger partial charge in [-0.3, -0.25) is 0 Å². The molecule has 0 radical (unpaired) electrons. The van der Waals surface area contributed by atoms with Crippen molar-refractivity contribution in [2.45, 2.75) is 26.3 Å². The minimum atomic E-state index is 0.380. The molecule has 0 unspecified atom stereocenters. The fourth-order valence-corrected chi connectivity index (χ4v) is 2.86. The number of benzene rings is 1. The van der Waals surface area contributed by atoms with E-state index in [1.54, 1.807) is 0 Å². The summed E-state index contributed by atoms with van der Waals surface area (Å²) in [7, 11) is 0. The lowest BCUT2D eigenvalue weighted by atomic mass is 10.1. The predicted octanol–water partition coefficient (Wildman–Crippen LogP) is 3.90. The first-order chi connectivity index (χ1) is 8.49. The van der Waals surface area contributed by atoms with Gasteiger partial charge in [0.15, 0.2) is 0 Å². The second kappa shape index (κ2) is 5.48. The Balaban J connectivity index is 2.29. The molecule has 0 aliphatic carbocycles. The standard InChI is InChI=1S/C13H15ClIN3/c1-8(2)12-11(15)13(16)18(17-12)7-9-3-5-10(14)6-4-9/h3-6,8H,7,16H2,1-2H3. The van der Waals surface area contributed by atoms with Crippen molar-refractivity contribution in [3.63, 3.8) is 0 Å². The van der Waals surface area contributed by atoms with Crippen LogP contribution in [0.25, 0.3) is 0 Å². The molecule has 0 aliphatic rings. The van der Waals surface area contributed by atoms with Gasteiger partial charge in [0.05, 0.1) is 15.8 Å². The Morgan fingerprint density at radius 3 is 2.44 bits per heavy atom. The third kappa shape index (κ3) is 2.80. The number of hydrogen-bond acceptors (Lipinski definition) is 2. The topological polar surface area (TPSA) is 43.8 Å². The van der Waals surface area contributed by atoms with Crippen molar-refractivity contribution in [2.24, 2.45) is 0 Å². The Hall–Kier alpha value is -0.750. The molecule has 2 N–H and O–H groups in total. The third-order valence-corrected chi connectivity index (χ3v) is 4.11. The van der Waals surface area contributed by atoms with Crippen LogP contribution in [0, 0.1) is 3.57 Å². The average Bonchev–Trinajstić information content (AvgIpc) is 2.60. The summed E-state index contributed by atoms with van der Waals surface area (Å²) in [5.41, 5.74) is 8.28. The fourth-order valence-electron chi connectivity index (χ4n) is 1.72. The molecule has 0 amide bonds. The fraction of sp³-hybridized carbons (Fsp3) is 0.308. The van der Waals surface area contributed by atoms with E-state index in [1.807, 2.05) is 28.9 Å². The van der Waals surface area contributed by atoms with Crippen molar-refractivity contribution in [1.29, 1.82) is 0 Å². The second-order valence-corrected chi connectivity index (χ2v) is 6.04. The normalized spacial score (nSPS) is 11.2. The number of halogens is 2. The van der Waals surface area contributed by atoms with E-state index in [9.17, 15) is 0 Å². The van der Waals surface area contributed by atoms with E-state index >= 15 is 0 Å². The van der Waals surface area contributed by atoms with E-state index in [2.05, 4.69) is 41.5 Å². The van der Waals surface area contributed by atoms with E-state index in [1.165, 1.54) is 0 Å². The number of nitrogens with zero attached hydrogens (tertiary/aromatic N) is 2. The summed E-state index contributed by atoms with van der Waals surface area (Å²) in [6, 6.07) is 7.74. The smallest absolute Gasteiger partial charge is 0.135 e. The zero-order chi connectivity index (χ0) is 13.3.